The SMILES string of the molecule is C[C@H](CCC1([C@@H](C)[C@@]2(O)[C@H](O)C[C@H]3[C@@H]4CC[C@H]5C[C@@H](O[Si](C)(C)C(C)(C)C)CC[C@]5(C)[C@H]4CC[C@@]32C)OCCO1)COC(=O)C(C)(C)C. The van der Waals surface area contributed by atoms with E-state index in [9.17, 15) is 15.0 Å². The van der Waals surface area contributed by atoms with Crippen LogP contribution in [0.2, 0.25) is 18.1 Å². The predicted molar refractivity (Wildman–Crippen MR) is 193 cm³/mol. The van der Waals surface area contributed by atoms with Crippen LogP contribution in [0.5, 0.6) is 0 Å². The first-order chi connectivity index (χ1) is 22.0. The van der Waals surface area contributed by atoms with Gasteiger partial charge in [-0.1, -0.05) is 48.5 Å². The van der Waals surface area contributed by atoms with Gasteiger partial charge >= 0.3 is 5.97 Å². The summed E-state index contributed by atoms with van der Waals surface area (Å²) >= 11 is 0. The molecule has 8 heteroatoms. The summed E-state index contributed by atoms with van der Waals surface area (Å²) in [6, 6.07) is 0. The minimum Gasteiger partial charge on any atom is -0.465 e. The molecular formula is C40H72O7Si. The molecule has 0 radical (unpaired) electrons. The van der Waals surface area contributed by atoms with Crippen LogP contribution in [0.15, 0.2) is 0 Å². The summed E-state index contributed by atoms with van der Waals surface area (Å²) in [5.74, 6) is 0.630. The van der Waals surface area contributed by atoms with Crippen LogP contribution in [0, 0.1) is 51.8 Å². The molecule has 278 valence electrons. The zero-order chi connectivity index (χ0) is 35.7. The van der Waals surface area contributed by atoms with Gasteiger partial charge in [-0.05, 0) is 132 Å². The van der Waals surface area contributed by atoms with Crippen LogP contribution in [-0.4, -0.2) is 67.9 Å². The van der Waals surface area contributed by atoms with Gasteiger partial charge in [0.05, 0.1) is 31.3 Å². The molecule has 0 aromatic heterocycles. The second-order valence-electron chi connectivity index (χ2n) is 20.2. The van der Waals surface area contributed by atoms with Gasteiger partial charge in [0.2, 0.25) is 0 Å². The van der Waals surface area contributed by atoms with Gasteiger partial charge < -0.3 is 28.8 Å². The highest BCUT2D eigenvalue weighted by Crippen LogP contribution is 2.70. The van der Waals surface area contributed by atoms with Crippen molar-refractivity contribution < 1.29 is 33.6 Å². The number of fused-ring (bicyclic) bond motifs is 5. The lowest BCUT2D eigenvalue weighted by Crippen LogP contribution is -2.64. The molecule has 5 rings (SSSR count). The molecular weight excluding hydrogens is 621 g/mol. The highest BCUT2D eigenvalue weighted by Gasteiger charge is 2.72. The van der Waals surface area contributed by atoms with Crippen LogP contribution in [0.3, 0.4) is 0 Å². The van der Waals surface area contributed by atoms with E-state index in [4.69, 9.17) is 18.6 Å². The molecule has 1 aliphatic heterocycles. The van der Waals surface area contributed by atoms with E-state index in [0.717, 1.165) is 25.7 Å². The van der Waals surface area contributed by atoms with Crippen molar-refractivity contribution in [3.63, 3.8) is 0 Å². The maximum atomic E-state index is 12.9. The summed E-state index contributed by atoms with van der Waals surface area (Å²) in [5.41, 5.74) is -1.98. The highest BCUT2D eigenvalue weighted by molar-refractivity contribution is 6.74. The predicted octanol–water partition coefficient (Wildman–Crippen LogP) is 8.51. The number of rotatable bonds is 9. The second kappa shape index (κ2) is 13.2. The molecule has 2 N–H and O–H groups in total. The van der Waals surface area contributed by atoms with Crippen molar-refractivity contribution in [1.82, 2.24) is 0 Å². The molecule has 5 fully saturated rings. The van der Waals surface area contributed by atoms with Crippen molar-refractivity contribution in [3.8, 4) is 0 Å². The van der Waals surface area contributed by atoms with Crippen molar-refractivity contribution in [3.05, 3.63) is 0 Å². The first-order valence-corrected chi connectivity index (χ1v) is 22.5. The van der Waals surface area contributed by atoms with Crippen LogP contribution in [0.1, 0.15) is 133 Å². The van der Waals surface area contributed by atoms with Gasteiger partial charge in [0.25, 0.3) is 0 Å². The first kappa shape index (κ1) is 38.7. The topological polar surface area (TPSA) is 94.5 Å². The van der Waals surface area contributed by atoms with E-state index in [-0.39, 0.29) is 22.8 Å². The highest BCUT2D eigenvalue weighted by atomic mass is 28.4. The van der Waals surface area contributed by atoms with Gasteiger partial charge in [-0.15, -0.1) is 0 Å². The molecule has 1 saturated heterocycles. The van der Waals surface area contributed by atoms with Gasteiger partial charge in [0.1, 0.15) is 5.60 Å². The Balaban J connectivity index is 1.29. The summed E-state index contributed by atoms with van der Waals surface area (Å²) in [7, 11) is -1.81. The van der Waals surface area contributed by atoms with Crippen molar-refractivity contribution in [1.29, 1.82) is 0 Å². The maximum Gasteiger partial charge on any atom is 0.311 e. The summed E-state index contributed by atoms with van der Waals surface area (Å²) in [6.07, 6.45) is 9.49. The molecule has 0 aromatic rings. The third-order valence-electron chi connectivity index (χ3n) is 15.4. The normalized spacial score (nSPS) is 41.2. The molecule has 0 spiro atoms. The van der Waals surface area contributed by atoms with Crippen LogP contribution >= 0.6 is 0 Å². The minimum absolute atomic E-state index is 0.119. The average Bonchev–Trinajstić information content (AvgIpc) is 3.55. The first-order valence-electron chi connectivity index (χ1n) is 19.6. The number of aliphatic hydroxyl groups excluding tert-OH is 1. The molecule has 4 saturated carbocycles. The van der Waals surface area contributed by atoms with Crippen molar-refractivity contribution >= 4 is 14.3 Å². The smallest absolute Gasteiger partial charge is 0.311 e. The fourth-order valence-electron chi connectivity index (χ4n) is 11.1. The summed E-state index contributed by atoms with van der Waals surface area (Å²) in [5, 5.41) is 25.1. The number of carbonyl (C=O) groups excluding carboxylic acids is 1. The fraction of sp³-hybridized carbons (Fsp3) is 0.975. The van der Waals surface area contributed by atoms with Crippen LogP contribution in [-0.2, 0) is 23.4 Å². The molecule has 1 heterocycles. The van der Waals surface area contributed by atoms with E-state index in [0.29, 0.717) is 61.9 Å². The number of hydrogen-bond acceptors (Lipinski definition) is 7. The molecule has 48 heavy (non-hydrogen) atoms. The molecule has 7 nitrogen and oxygen atoms in total. The Morgan fingerprint density at radius 3 is 2.19 bits per heavy atom. The van der Waals surface area contributed by atoms with Gasteiger partial charge in [-0.25, -0.2) is 0 Å². The summed E-state index contributed by atoms with van der Waals surface area (Å²) < 4.78 is 25.5. The molecule has 0 bridgehead atoms. The third-order valence-corrected chi connectivity index (χ3v) is 19.9. The van der Waals surface area contributed by atoms with Crippen LogP contribution in [0.4, 0.5) is 0 Å². The van der Waals surface area contributed by atoms with E-state index in [1.165, 1.54) is 25.7 Å². The van der Waals surface area contributed by atoms with Crippen molar-refractivity contribution in [2.75, 3.05) is 19.8 Å². The molecule has 0 aromatic carbocycles. The quantitative estimate of drug-likeness (QED) is 0.185. The zero-order valence-corrected chi connectivity index (χ0v) is 33.7. The lowest BCUT2D eigenvalue weighted by Gasteiger charge is -2.63. The van der Waals surface area contributed by atoms with E-state index in [1.807, 2.05) is 20.8 Å². The average molecular weight is 693 g/mol. The number of ether oxygens (including phenoxy) is 3. The Morgan fingerprint density at radius 2 is 1.58 bits per heavy atom. The van der Waals surface area contributed by atoms with Crippen LogP contribution < -0.4 is 0 Å². The third kappa shape index (κ3) is 6.52. The van der Waals surface area contributed by atoms with E-state index in [2.05, 4.69) is 61.6 Å². The number of hydrogen-bond donors (Lipinski definition) is 2. The molecule has 0 amide bonds. The lowest BCUT2D eigenvalue weighted by molar-refractivity contribution is -0.281. The monoisotopic (exact) mass is 693 g/mol. The largest absolute Gasteiger partial charge is 0.465 e. The van der Waals surface area contributed by atoms with Crippen molar-refractivity contribution in [2.45, 2.75) is 175 Å². The zero-order valence-electron chi connectivity index (χ0n) is 32.7. The Labute approximate surface area is 294 Å². The standard InChI is InChI=1S/C40H72O7Si/c1-26(25-44-34(42)35(3,4)5)15-20-39(45-21-22-46-39)27(2)40(43)33(41)24-32-30-14-13-28-23-29(47-48(11,12)36(6,7)8)16-18-37(28,9)31(30)17-19-38(32,40)10/h26-33,41,43H,13-25H2,1-12H3/t26-,27-,28+,29+,30-,31+,32+,33-,37+,38+,40-/m1/s1. The molecule has 5 aliphatic rings. The molecule has 11 atom stereocenters. The number of esters is 1. The number of aliphatic hydroxyl groups is 2. The number of carbonyl (C=O) groups is 1. The Hall–Kier alpha value is -0.513. The van der Waals surface area contributed by atoms with Gasteiger partial charge in [0, 0.05) is 23.9 Å². The van der Waals surface area contributed by atoms with Crippen molar-refractivity contribution in [2.24, 2.45) is 51.8 Å². The van der Waals surface area contributed by atoms with Crippen LogP contribution in [0.25, 0.3) is 0 Å². The van der Waals surface area contributed by atoms with Gasteiger partial charge in [-0.2, -0.15) is 0 Å². The minimum atomic E-state index is -1.81. The summed E-state index contributed by atoms with van der Waals surface area (Å²) in [4.78, 5) is 12.4. The van der Waals surface area contributed by atoms with Gasteiger partial charge in [0.15, 0.2) is 14.1 Å². The summed E-state index contributed by atoms with van der Waals surface area (Å²) in [6.45, 7) is 27.7. The molecule has 0 unspecified atom stereocenters. The van der Waals surface area contributed by atoms with E-state index >= 15 is 0 Å². The molecule has 4 aliphatic carbocycles. The fourth-order valence-corrected chi connectivity index (χ4v) is 12.5. The Kier molecular flexibility index (Phi) is 10.6. The van der Waals surface area contributed by atoms with Gasteiger partial charge in [-0.3, -0.25) is 4.79 Å². The maximum absolute atomic E-state index is 12.9. The van der Waals surface area contributed by atoms with E-state index < -0.39 is 42.6 Å². The van der Waals surface area contributed by atoms with E-state index in [1.54, 1.807) is 0 Å². The lowest BCUT2D eigenvalue weighted by atomic mass is 9.44. The Morgan fingerprint density at radius 1 is 0.938 bits per heavy atom. The Bertz CT molecular complexity index is 1150. The second-order valence-corrected chi connectivity index (χ2v) is 24.9.